The largest absolute Gasteiger partial charge is 0.314 e. The average Bonchev–Trinajstić information content (AvgIpc) is 2.92. The quantitative estimate of drug-likeness (QED) is 0.920. The topological polar surface area (TPSA) is 18.5 Å². The molecule has 1 unspecified atom stereocenters. The fourth-order valence-electron chi connectivity index (χ4n) is 3.20. The number of rotatable bonds is 3. The second-order valence-corrected chi connectivity index (χ2v) is 6.12. The van der Waals surface area contributed by atoms with Crippen molar-refractivity contribution in [3.63, 3.8) is 0 Å². The van der Waals surface area contributed by atoms with Crippen LogP contribution in [0.2, 0.25) is 5.02 Å². The van der Waals surface area contributed by atoms with Gasteiger partial charge in [-0.2, -0.15) is 0 Å². The molecule has 2 fully saturated rings. The van der Waals surface area contributed by atoms with Crippen LogP contribution in [0.3, 0.4) is 0 Å². The van der Waals surface area contributed by atoms with Crippen LogP contribution < -0.4 is 5.32 Å². The molecular formula is C15H21ClFN3. The summed E-state index contributed by atoms with van der Waals surface area (Å²) in [6.07, 6.45) is 1.22. The molecule has 1 aromatic rings. The van der Waals surface area contributed by atoms with Crippen LogP contribution in [-0.2, 0) is 6.54 Å². The minimum absolute atomic E-state index is 0.203. The van der Waals surface area contributed by atoms with E-state index in [9.17, 15) is 4.39 Å². The lowest BCUT2D eigenvalue weighted by Crippen LogP contribution is -2.49. The minimum atomic E-state index is -0.318. The van der Waals surface area contributed by atoms with Gasteiger partial charge in [0.25, 0.3) is 0 Å². The third-order valence-corrected chi connectivity index (χ3v) is 4.61. The number of hydrogen-bond donors (Lipinski definition) is 1. The van der Waals surface area contributed by atoms with Crippen molar-refractivity contribution >= 4 is 11.6 Å². The van der Waals surface area contributed by atoms with Crippen LogP contribution in [0.1, 0.15) is 12.0 Å². The highest BCUT2D eigenvalue weighted by Gasteiger charge is 2.28. The van der Waals surface area contributed by atoms with Crippen molar-refractivity contribution in [2.45, 2.75) is 19.0 Å². The molecule has 0 radical (unpaired) electrons. The Balaban J connectivity index is 1.55. The van der Waals surface area contributed by atoms with Crippen LogP contribution >= 0.6 is 11.6 Å². The van der Waals surface area contributed by atoms with Crippen molar-refractivity contribution in [3.8, 4) is 0 Å². The van der Waals surface area contributed by atoms with E-state index in [1.807, 2.05) is 6.07 Å². The molecule has 2 aliphatic heterocycles. The number of benzene rings is 1. The van der Waals surface area contributed by atoms with Gasteiger partial charge < -0.3 is 5.32 Å². The smallest absolute Gasteiger partial charge is 0.142 e. The fourth-order valence-corrected chi connectivity index (χ4v) is 3.31. The molecule has 3 nitrogen and oxygen atoms in total. The molecule has 5 heteroatoms. The van der Waals surface area contributed by atoms with E-state index in [0.717, 1.165) is 51.4 Å². The fraction of sp³-hybridized carbons (Fsp3) is 0.600. The first-order valence-electron chi connectivity index (χ1n) is 7.33. The monoisotopic (exact) mass is 297 g/mol. The summed E-state index contributed by atoms with van der Waals surface area (Å²) in [5, 5.41) is 3.59. The molecule has 0 amide bonds. The lowest BCUT2D eigenvalue weighted by Gasteiger charge is -2.32. The Morgan fingerprint density at radius 1 is 1.25 bits per heavy atom. The summed E-state index contributed by atoms with van der Waals surface area (Å²) in [6.45, 7) is 7.49. The summed E-state index contributed by atoms with van der Waals surface area (Å²) in [4.78, 5) is 4.99. The third-order valence-electron chi connectivity index (χ3n) is 4.31. The highest BCUT2D eigenvalue weighted by atomic mass is 35.5. The van der Waals surface area contributed by atoms with E-state index >= 15 is 0 Å². The second kappa shape index (κ2) is 6.39. The predicted octanol–water partition coefficient (Wildman–Crippen LogP) is 1.96. The van der Waals surface area contributed by atoms with E-state index in [1.54, 1.807) is 12.1 Å². The Kier molecular flexibility index (Phi) is 4.56. The van der Waals surface area contributed by atoms with Crippen LogP contribution in [0.25, 0.3) is 0 Å². The molecule has 1 atom stereocenters. The van der Waals surface area contributed by atoms with Crippen molar-refractivity contribution in [2.75, 3.05) is 39.3 Å². The zero-order chi connectivity index (χ0) is 13.9. The van der Waals surface area contributed by atoms with Gasteiger partial charge in [-0.3, -0.25) is 9.80 Å². The molecule has 20 heavy (non-hydrogen) atoms. The van der Waals surface area contributed by atoms with Crippen LogP contribution in [-0.4, -0.2) is 55.1 Å². The number of hydrogen-bond acceptors (Lipinski definition) is 3. The van der Waals surface area contributed by atoms with Gasteiger partial charge >= 0.3 is 0 Å². The van der Waals surface area contributed by atoms with Gasteiger partial charge in [-0.15, -0.1) is 0 Å². The van der Waals surface area contributed by atoms with Crippen molar-refractivity contribution in [2.24, 2.45) is 0 Å². The summed E-state index contributed by atoms with van der Waals surface area (Å²) in [7, 11) is 0. The molecule has 0 saturated carbocycles. The summed E-state index contributed by atoms with van der Waals surface area (Å²) in [6, 6.07) is 5.79. The van der Waals surface area contributed by atoms with Gasteiger partial charge in [0.1, 0.15) is 5.82 Å². The SMILES string of the molecule is Fc1cc(CN2CCC(N3CCNCC3)C2)ccc1Cl. The van der Waals surface area contributed by atoms with Crippen molar-refractivity contribution in [1.29, 1.82) is 0 Å². The third kappa shape index (κ3) is 3.31. The first-order chi connectivity index (χ1) is 9.72. The standard InChI is InChI=1S/C15H21ClFN3/c16-14-2-1-12(9-15(14)17)10-19-6-3-13(11-19)20-7-4-18-5-8-20/h1-2,9,13,18H,3-8,10-11H2. The molecule has 110 valence electrons. The summed E-state index contributed by atoms with van der Waals surface area (Å²) < 4.78 is 13.5. The maximum atomic E-state index is 13.5. The number of nitrogens with one attached hydrogen (secondary N) is 1. The lowest BCUT2D eigenvalue weighted by atomic mass is 10.2. The van der Waals surface area contributed by atoms with Crippen LogP contribution in [0.4, 0.5) is 4.39 Å². The van der Waals surface area contributed by atoms with Crippen molar-refractivity contribution in [1.82, 2.24) is 15.1 Å². The van der Waals surface area contributed by atoms with Crippen molar-refractivity contribution < 1.29 is 4.39 Å². The first kappa shape index (κ1) is 14.3. The van der Waals surface area contributed by atoms with Gasteiger partial charge in [0.15, 0.2) is 0 Å². The predicted molar refractivity (Wildman–Crippen MR) is 79.5 cm³/mol. The Hall–Kier alpha value is -0.680. The maximum absolute atomic E-state index is 13.5. The van der Waals surface area contributed by atoms with Gasteiger partial charge in [-0.05, 0) is 24.1 Å². The number of nitrogens with zero attached hydrogens (tertiary/aromatic N) is 2. The molecule has 2 saturated heterocycles. The number of piperazine rings is 1. The molecule has 1 N–H and O–H groups in total. The number of halogens is 2. The molecule has 3 rings (SSSR count). The average molecular weight is 298 g/mol. The molecule has 0 spiro atoms. The molecule has 2 aliphatic rings. The van der Waals surface area contributed by atoms with Crippen LogP contribution in [0, 0.1) is 5.82 Å². The van der Waals surface area contributed by atoms with Gasteiger partial charge in [0, 0.05) is 51.9 Å². The van der Waals surface area contributed by atoms with Crippen LogP contribution in [0.15, 0.2) is 18.2 Å². The Bertz CT molecular complexity index is 462. The molecule has 1 aromatic carbocycles. The van der Waals surface area contributed by atoms with Gasteiger partial charge in [-0.1, -0.05) is 17.7 Å². The first-order valence-corrected chi connectivity index (χ1v) is 7.71. The zero-order valence-electron chi connectivity index (χ0n) is 11.6. The second-order valence-electron chi connectivity index (χ2n) is 5.71. The van der Waals surface area contributed by atoms with E-state index < -0.39 is 0 Å². The molecule has 0 bridgehead atoms. The van der Waals surface area contributed by atoms with E-state index in [1.165, 1.54) is 6.42 Å². The Morgan fingerprint density at radius 3 is 2.80 bits per heavy atom. The van der Waals surface area contributed by atoms with E-state index in [-0.39, 0.29) is 10.8 Å². The summed E-state index contributed by atoms with van der Waals surface area (Å²) in [5.74, 6) is -0.318. The van der Waals surface area contributed by atoms with Crippen molar-refractivity contribution in [3.05, 3.63) is 34.6 Å². The molecule has 2 heterocycles. The highest BCUT2D eigenvalue weighted by Crippen LogP contribution is 2.21. The van der Waals surface area contributed by atoms with Gasteiger partial charge in [-0.25, -0.2) is 4.39 Å². The minimum Gasteiger partial charge on any atom is -0.314 e. The maximum Gasteiger partial charge on any atom is 0.142 e. The molecular weight excluding hydrogens is 277 g/mol. The Labute approximate surface area is 124 Å². The summed E-state index contributed by atoms with van der Waals surface area (Å²) >= 11 is 5.72. The normalized spacial score (nSPS) is 25.2. The van der Waals surface area contributed by atoms with Crippen LogP contribution in [0.5, 0.6) is 0 Å². The van der Waals surface area contributed by atoms with Gasteiger partial charge in [0.2, 0.25) is 0 Å². The van der Waals surface area contributed by atoms with E-state index in [4.69, 9.17) is 11.6 Å². The van der Waals surface area contributed by atoms with Gasteiger partial charge in [0.05, 0.1) is 5.02 Å². The highest BCUT2D eigenvalue weighted by molar-refractivity contribution is 6.30. The lowest BCUT2D eigenvalue weighted by molar-refractivity contribution is 0.170. The zero-order valence-corrected chi connectivity index (χ0v) is 12.4. The number of likely N-dealkylation sites (tertiary alicyclic amines) is 1. The Morgan fingerprint density at radius 2 is 2.05 bits per heavy atom. The van der Waals surface area contributed by atoms with E-state index in [2.05, 4.69) is 15.1 Å². The summed E-state index contributed by atoms with van der Waals surface area (Å²) in [5.41, 5.74) is 1.01. The molecule has 0 aromatic heterocycles. The van der Waals surface area contributed by atoms with E-state index in [0.29, 0.717) is 6.04 Å². The molecule has 0 aliphatic carbocycles.